The topological polar surface area (TPSA) is 122 Å². The van der Waals surface area contributed by atoms with E-state index in [0.29, 0.717) is 50.1 Å². The summed E-state index contributed by atoms with van der Waals surface area (Å²) in [5.41, 5.74) is 4.92. The third-order valence-electron chi connectivity index (χ3n) is 6.56. The molecule has 1 spiro atoms. The van der Waals surface area contributed by atoms with E-state index in [-0.39, 0.29) is 36.6 Å². The predicted molar refractivity (Wildman–Crippen MR) is 111 cm³/mol. The monoisotopic (exact) mass is 428 g/mol. The maximum Gasteiger partial charge on any atom is 0.258 e. The fourth-order valence-electron chi connectivity index (χ4n) is 4.70. The maximum absolute atomic E-state index is 13.1. The Labute approximate surface area is 180 Å². The summed E-state index contributed by atoms with van der Waals surface area (Å²) in [7, 11) is 0. The van der Waals surface area contributed by atoms with E-state index in [2.05, 4.69) is 5.32 Å². The molecule has 1 aromatic rings. The minimum Gasteiger partial charge on any atom is -0.467 e. The highest BCUT2D eigenvalue weighted by atomic mass is 16.5. The molecule has 2 fully saturated rings. The first-order valence-corrected chi connectivity index (χ1v) is 10.8. The third-order valence-corrected chi connectivity index (χ3v) is 6.56. The zero-order valence-corrected chi connectivity index (χ0v) is 17.6. The molecule has 9 nitrogen and oxygen atoms in total. The molecule has 2 saturated heterocycles. The van der Waals surface area contributed by atoms with Gasteiger partial charge in [0.25, 0.3) is 5.91 Å². The number of amides is 4. The predicted octanol–water partition coefficient (Wildman–Crippen LogP) is 0.630. The standard InChI is InChI=1S/C22H28N4O5/c1-14(21(30)25-11-4-5-15(13-25)19(23)28)26-12-10-22(9-8-18(26)27)24-20(29)16-6-2-3-7-17(16)31-22/h2-3,6-7,14-15H,4-5,8-13H2,1H3,(H2,23,28)(H,24,29)/t14-,15+,22-/m1/s1. The van der Waals surface area contributed by atoms with E-state index in [1.54, 1.807) is 41.0 Å². The number of rotatable bonds is 3. The zero-order valence-electron chi connectivity index (χ0n) is 17.6. The van der Waals surface area contributed by atoms with Crippen molar-refractivity contribution in [2.75, 3.05) is 19.6 Å². The second-order valence-corrected chi connectivity index (χ2v) is 8.59. The van der Waals surface area contributed by atoms with Crippen LogP contribution in [0.15, 0.2) is 24.3 Å². The molecular formula is C22H28N4O5. The van der Waals surface area contributed by atoms with Gasteiger partial charge in [-0.3, -0.25) is 19.2 Å². The molecule has 166 valence electrons. The molecule has 9 heteroatoms. The summed E-state index contributed by atoms with van der Waals surface area (Å²) in [5.74, 6) is -0.811. The SMILES string of the molecule is C[C@H](C(=O)N1CCC[C@H](C(N)=O)C1)N1CC[C@]2(CCC1=O)NC(=O)c1ccccc1O2. The average Bonchev–Trinajstić information content (AvgIpc) is 2.92. The second-order valence-electron chi connectivity index (χ2n) is 8.59. The molecule has 0 aromatic heterocycles. The number of carbonyl (C=O) groups excluding carboxylic acids is 4. The van der Waals surface area contributed by atoms with Crippen molar-refractivity contribution in [3.05, 3.63) is 29.8 Å². The number of hydrogen-bond donors (Lipinski definition) is 2. The summed E-state index contributed by atoms with van der Waals surface area (Å²) >= 11 is 0. The Kier molecular flexibility index (Phi) is 5.60. The number of primary amides is 1. The number of nitrogens with two attached hydrogens (primary N) is 1. The lowest BCUT2D eigenvalue weighted by atomic mass is 9.97. The summed E-state index contributed by atoms with van der Waals surface area (Å²) in [6, 6.07) is 6.36. The van der Waals surface area contributed by atoms with Gasteiger partial charge in [0.15, 0.2) is 5.72 Å². The number of ether oxygens (including phenoxy) is 1. The number of hydrogen-bond acceptors (Lipinski definition) is 5. The average molecular weight is 428 g/mol. The number of piperidine rings is 1. The fourth-order valence-corrected chi connectivity index (χ4v) is 4.70. The molecule has 4 amide bonds. The van der Waals surface area contributed by atoms with E-state index in [0.717, 1.165) is 0 Å². The number of nitrogens with one attached hydrogen (secondary N) is 1. The zero-order chi connectivity index (χ0) is 22.2. The largest absolute Gasteiger partial charge is 0.467 e. The molecule has 0 unspecified atom stereocenters. The van der Waals surface area contributed by atoms with Crippen molar-refractivity contribution in [1.29, 1.82) is 0 Å². The molecule has 3 N–H and O–H groups in total. The van der Waals surface area contributed by atoms with Crippen molar-refractivity contribution in [2.24, 2.45) is 11.7 Å². The van der Waals surface area contributed by atoms with Gasteiger partial charge in [0.1, 0.15) is 11.8 Å². The van der Waals surface area contributed by atoms with Gasteiger partial charge in [0.2, 0.25) is 17.7 Å². The van der Waals surface area contributed by atoms with Gasteiger partial charge in [-0.05, 0) is 31.9 Å². The molecule has 0 radical (unpaired) electrons. The molecule has 0 bridgehead atoms. The Morgan fingerprint density at radius 1 is 1.23 bits per heavy atom. The molecule has 0 saturated carbocycles. The van der Waals surface area contributed by atoms with Crippen LogP contribution in [0.5, 0.6) is 5.75 Å². The Bertz CT molecular complexity index is 919. The number of benzene rings is 1. The number of carbonyl (C=O) groups is 4. The summed E-state index contributed by atoms with van der Waals surface area (Å²) in [4.78, 5) is 53.3. The van der Waals surface area contributed by atoms with Gasteiger partial charge in [-0.1, -0.05) is 12.1 Å². The van der Waals surface area contributed by atoms with E-state index >= 15 is 0 Å². The van der Waals surface area contributed by atoms with Gasteiger partial charge in [-0.15, -0.1) is 0 Å². The van der Waals surface area contributed by atoms with Crippen molar-refractivity contribution in [3.8, 4) is 5.75 Å². The Balaban J connectivity index is 1.46. The number of para-hydroxylation sites is 1. The van der Waals surface area contributed by atoms with Gasteiger partial charge < -0.3 is 25.6 Å². The van der Waals surface area contributed by atoms with Crippen LogP contribution in [0.4, 0.5) is 0 Å². The highest BCUT2D eigenvalue weighted by molar-refractivity contribution is 5.98. The maximum atomic E-state index is 13.1. The van der Waals surface area contributed by atoms with Gasteiger partial charge >= 0.3 is 0 Å². The first-order chi connectivity index (χ1) is 14.8. The normalized spacial score (nSPS) is 27.1. The Hall–Kier alpha value is -3.10. The lowest BCUT2D eigenvalue weighted by Crippen LogP contribution is -2.57. The molecule has 3 heterocycles. The Morgan fingerprint density at radius 2 is 2.00 bits per heavy atom. The van der Waals surface area contributed by atoms with Gasteiger partial charge in [-0.25, -0.2) is 0 Å². The van der Waals surface area contributed by atoms with Gasteiger partial charge in [0, 0.05) is 38.9 Å². The van der Waals surface area contributed by atoms with Crippen LogP contribution in [0.3, 0.4) is 0 Å². The molecule has 1 aromatic carbocycles. The summed E-state index contributed by atoms with van der Waals surface area (Å²) in [5, 5.41) is 2.93. The van der Waals surface area contributed by atoms with Crippen LogP contribution in [-0.4, -0.2) is 64.8 Å². The minimum atomic E-state index is -0.971. The van der Waals surface area contributed by atoms with Crippen molar-refractivity contribution in [1.82, 2.24) is 15.1 Å². The van der Waals surface area contributed by atoms with Crippen LogP contribution in [0, 0.1) is 5.92 Å². The summed E-state index contributed by atoms with van der Waals surface area (Å²) in [6.07, 6.45) is 2.25. The minimum absolute atomic E-state index is 0.155. The summed E-state index contributed by atoms with van der Waals surface area (Å²) in [6.45, 7) is 2.83. The number of nitrogens with zero attached hydrogens (tertiary/aromatic N) is 2. The van der Waals surface area contributed by atoms with Crippen LogP contribution in [0.25, 0.3) is 0 Å². The molecule has 0 aliphatic carbocycles. The highest BCUT2D eigenvalue weighted by Crippen LogP contribution is 2.34. The van der Waals surface area contributed by atoms with E-state index in [1.165, 1.54) is 0 Å². The van der Waals surface area contributed by atoms with Gasteiger partial charge in [-0.2, -0.15) is 0 Å². The lowest BCUT2D eigenvalue weighted by molar-refractivity contribution is -0.146. The molecular weight excluding hydrogens is 400 g/mol. The van der Waals surface area contributed by atoms with Crippen molar-refractivity contribution >= 4 is 23.6 Å². The fraction of sp³-hybridized carbons (Fsp3) is 0.545. The van der Waals surface area contributed by atoms with Crippen molar-refractivity contribution in [2.45, 2.75) is 50.8 Å². The second kappa shape index (κ2) is 8.20. The smallest absolute Gasteiger partial charge is 0.258 e. The van der Waals surface area contributed by atoms with Gasteiger partial charge in [0.05, 0.1) is 11.5 Å². The van der Waals surface area contributed by atoms with Crippen molar-refractivity contribution < 1.29 is 23.9 Å². The molecule has 3 atom stereocenters. The third kappa shape index (κ3) is 4.08. The molecule has 3 aliphatic heterocycles. The van der Waals surface area contributed by atoms with Crippen LogP contribution in [-0.2, 0) is 14.4 Å². The van der Waals surface area contributed by atoms with E-state index in [1.807, 2.05) is 0 Å². The van der Waals surface area contributed by atoms with Crippen LogP contribution >= 0.6 is 0 Å². The van der Waals surface area contributed by atoms with E-state index in [4.69, 9.17) is 10.5 Å². The molecule has 3 aliphatic rings. The first kappa shape index (κ1) is 21.1. The van der Waals surface area contributed by atoms with E-state index in [9.17, 15) is 19.2 Å². The number of fused-ring (bicyclic) bond motifs is 1. The van der Waals surface area contributed by atoms with Crippen LogP contribution in [0.2, 0.25) is 0 Å². The molecule has 4 rings (SSSR count). The quantitative estimate of drug-likeness (QED) is 0.731. The first-order valence-electron chi connectivity index (χ1n) is 10.8. The number of likely N-dealkylation sites (tertiary alicyclic amines) is 2. The summed E-state index contributed by atoms with van der Waals surface area (Å²) < 4.78 is 6.15. The van der Waals surface area contributed by atoms with Crippen LogP contribution in [0.1, 0.15) is 49.4 Å². The Morgan fingerprint density at radius 3 is 2.77 bits per heavy atom. The van der Waals surface area contributed by atoms with E-state index < -0.39 is 17.7 Å². The molecule has 31 heavy (non-hydrogen) atoms. The van der Waals surface area contributed by atoms with Crippen molar-refractivity contribution in [3.63, 3.8) is 0 Å². The lowest BCUT2D eigenvalue weighted by Gasteiger charge is -2.39. The highest BCUT2D eigenvalue weighted by Gasteiger charge is 2.44. The van der Waals surface area contributed by atoms with Crippen LogP contribution < -0.4 is 15.8 Å².